The van der Waals surface area contributed by atoms with Crippen molar-refractivity contribution in [2.45, 2.75) is 13.8 Å². The molecule has 1 aliphatic rings. The van der Waals surface area contributed by atoms with Gasteiger partial charge in [0, 0.05) is 5.56 Å². The van der Waals surface area contributed by atoms with E-state index in [-0.39, 0.29) is 5.91 Å². The number of allylic oxidation sites excluding steroid dienone is 2. The molecule has 1 heterocycles. The summed E-state index contributed by atoms with van der Waals surface area (Å²) in [5.41, 5.74) is 5.93. The van der Waals surface area contributed by atoms with Gasteiger partial charge in [-0.15, -0.1) is 0 Å². The number of carbonyl (C=O) groups is 1. The third kappa shape index (κ3) is 4.19. The summed E-state index contributed by atoms with van der Waals surface area (Å²) >= 11 is 0. The zero-order valence-electron chi connectivity index (χ0n) is 17.9. The molecule has 1 aliphatic heterocycles. The van der Waals surface area contributed by atoms with Crippen LogP contribution in [-0.2, 0) is 4.79 Å². The van der Waals surface area contributed by atoms with Crippen molar-refractivity contribution in [1.29, 1.82) is 0 Å². The van der Waals surface area contributed by atoms with E-state index in [1.54, 1.807) is 7.11 Å². The number of carbonyl (C=O) groups excluding carboxylic acids is 1. The first-order valence-corrected chi connectivity index (χ1v) is 10.2. The van der Waals surface area contributed by atoms with E-state index in [0.717, 1.165) is 33.7 Å². The van der Waals surface area contributed by atoms with E-state index in [4.69, 9.17) is 4.74 Å². The van der Waals surface area contributed by atoms with Gasteiger partial charge < -0.3 is 4.74 Å². The SMILES string of the molecule is COc1ccccc1/C=C/C(=C1\C(=O)N(c2ccccc2)N=C1C)c1ccc(C)cc1. The Bertz CT molecular complexity index is 1190. The number of anilines is 1. The molecule has 3 aromatic carbocycles. The second kappa shape index (κ2) is 8.84. The van der Waals surface area contributed by atoms with Crippen LogP contribution in [0.4, 0.5) is 5.69 Å². The van der Waals surface area contributed by atoms with Crippen molar-refractivity contribution in [1.82, 2.24) is 0 Å². The fourth-order valence-electron chi connectivity index (χ4n) is 3.59. The smallest absolute Gasteiger partial charge is 0.281 e. The quantitative estimate of drug-likeness (QED) is 0.494. The maximum atomic E-state index is 13.4. The summed E-state index contributed by atoms with van der Waals surface area (Å²) in [6.45, 7) is 3.92. The first kappa shape index (κ1) is 20.4. The Morgan fingerprint density at radius 1 is 0.903 bits per heavy atom. The Labute approximate surface area is 182 Å². The molecule has 31 heavy (non-hydrogen) atoms. The van der Waals surface area contributed by atoms with Gasteiger partial charge in [0.2, 0.25) is 0 Å². The zero-order chi connectivity index (χ0) is 21.8. The third-order valence-electron chi connectivity index (χ3n) is 5.22. The Morgan fingerprint density at radius 3 is 2.29 bits per heavy atom. The maximum absolute atomic E-state index is 13.4. The Kier molecular flexibility index (Phi) is 5.80. The highest BCUT2D eigenvalue weighted by Gasteiger charge is 2.31. The van der Waals surface area contributed by atoms with Gasteiger partial charge in [-0.2, -0.15) is 10.1 Å². The minimum Gasteiger partial charge on any atom is -0.496 e. The third-order valence-corrected chi connectivity index (χ3v) is 5.22. The van der Waals surface area contributed by atoms with Gasteiger partial charge in [0.1, 0.15) is 5.75 Å². The predicted molar refractivity (Wildman–Crippen MR) is 127 cm³/mol. The van der Waals surface area contributed by atoms with Crippen LogP contribution in [0.15, 0.2) is 95.6 Å². The minimum atomic E-state index is -0.135. The molecule has 154 valence electrons. The summed E-state index contributed by atoms with van der Waals surface area (Å²) in [6.07, 6.45) is 3.95. The molecule has 1 amide bonds. The van der Waals surface area contributed by atoms with Crippen LogP contribution in [0.1, 0.15) is 23.6 Å². The predicted octanol–water partition coefficient (Wildman–Crippen LogP) is 5.89. The number of hydrogen-bond acceptors (Lipinski definition) is 3. The molecule has 0 radical (unpaired) electrons. The van der Waals surface area contributed by atoms with Crippen LogP contribution in [0.2, 0.25) is 0 Å². The number of methoxy groups -OCH3 is 1. The lowest BCUT2D eigenvalue weighted by molar-refractivity contribution is -0.114. The maximum Gasteiger partial charge on any atom is 0.281 e. The summed E-state index contributed by atoms with van der Waals surface area (Å²) in [7, 11) is 1.65. The highest BCUT2D eigenvalue weighted by atomic mass is 16.5. The lowest BCUT2D eigenvalue weighted by Gasteiger charge is -2.13. The molecule has 0 unspecified atom stereocenters. The van der Waals surface area contributed by atoms with Gasteiger partial charge in [-0.25, -0.2) is 0 Å². The number of hydrogen-bond donors (Lipinski definition) is 0. The number of benzene rings is 3. The van der Waals surface area contributed by atoms with Crippen LogP contribution < -0.4 is 9.75 Å². The average Bonchev–Trinajstić information content (AvgIpc) is 3.10. The van der Waals surface area contributed by atoms with Gasteiger partial charge in [-0.05, 0) is 43.2 Å². The van der Waals surface area contributed by atoms with Crippen LogP contribution >= 0.6 is 0 Å². The van der Waals surface area contributed by atoms with E-state index >= 15 is 0 Å². The summed E-state index contributed by atoms with van der Waals surface area (Å²) < 4.78 is 5.48. The topological polar surface area (TPSA) is 41.9 Å². The van der Waals surface area contributed by atoms with Gasteiger partial charge in [0.15, 0.2) is 0 Å². The van der Waals surface area contributed by atoms with Crippen molar-refractivity contribution in [3.05, 3.63) is 107 Å². The molecular weight excluding hydrogens is 384 g/mol. The van der Waals surface area contributed by atoms with Crippen LogP contribution in [0.25, 0.3) is 11.6 Å². The number of rotatable bonds is 5. The molecule has 0 atom stereocenters. The van der Waals surface area contributed by atoms with E-state index < -0.39 is 0 Å². The van der Waals surface area contributed by atoms with Crippen LogP contribution in [0, 0.1) is 6.92 Å². The molecule has 0 aliphatic carbocycles. The van der Waals surface area contributed by atoms with Gasteiger partial charge in [0.05, 0.1) is 24.1 Å². The Hall–Kier alpha value is -3.92. The summed E-state index contributed by atoms with van der Waals surface area (Å²) in [4.78, 5) is 13.4. The molecular formula is C27H24N2O2. The van der Waals surface area contributed by atoms with Gasteiger partial charge in [-0.3, -0.25) is 4.79 Å². The van der Waals surface area contributed by atoms with E-state index in [0.29, 0.717) is 11.3 Å². The number of nitrogens with zero attached hydrogens (tertiary/aromatic N) is 2. The first-order valence-electron chi connectivity index (χ1n) is 10.2. The molecule has 0 spiro atoms. The van der Waals surface area contributed by atoms with Crippen LogP contribution in [-0.4, -0.2) is 18.7 Å². The standard InChI is InChI=1S/C27H24N2O2/c1-19-13-15-21(16-14-19)24(18-17-22-9-7-8-12-25(22)31-3)26-20(2)28-29(27(26)30)23-10-5-4-6-11-23/h4-18H,1-3H3/b18-17+,26-24+. The molecule has 0 saturated carbocycles. The Balaban J connectivity index is 1.83. The van der Waals surface area contributed by atoms with Crippen LogP contribution in [0.5, 0.6) is 5.75 Å². The van der Waals surface area contributed by atoms with Crippen molar-refractivity contribution in [2.75, 3.05) is 12.1 Å². The van der Waals surface area contributed by atoms with E-state index in [1.807, 2.05) is 105 Å². The average molecular weight is 409 g/mol. The highest BCUT2D eigenvalue weighted by molar-refractivity contribution is 6.34. The molecule has 4 rings (SSSR count). The Morgan fingerprint density at radius 2 is 1.58 bits per heavy atom. The van der Waals surface area contributed by atoms with Crippen molar-refractivity contribution in [2.24, 2.45) is 5.10 Å². The van der Waals surface area contributed by atoms with Gasteiger partial charge in [0.25, 0.3) is 5.91 Å². The second-order valence-electron chi connectivity index (χ2n) is 7.37. The summed E-state index contributed by atoms with van der Waals surface area (Å²) in [5.74, 6) is 0.644. The lowest BCUT2D eigenvalue weighted by atomic mass is 9.95. The van der Waals surface area contributed by atoms with E-state index in [1.165, 1.54) is 5.01 Å². The van der Waals surface area contributed by atoms with E-state index in [9.17, 15) is 4.79 Å². The van der Waals surface area contributed by atoms with Crippen LogP contribution in [0.3, 0.4) is 0 Å². The number of aryl methyl sites for hydroxylation is 1. The number of hydrazone groups is 1. The molecule has 4 heteroatoms. The van der Waals surface area contributed by atoms with Gasteiger partial charge in [-0.1, -0.05) is 78.4 Å². The molecule has 0 bridgehead atoms. The molecule has 4 nitrogen and oxygen atoms in total. The second-order valence-corrected chi connectivity index (χ2v) is 7.37. The number of ether oxygens (including phenoxy) is 1. The molecule has 0 fully saturated rings. The summed E-state index contributed by atoms with van der Waals surface area (Å²) in [6, 6.07) is 25.5. The summed E-state index contributed by atoms with van der Waals surface area (Å²) in [5, 5.41) is 6.03. The highest BCUT2D eigenvalue weighted by Crippen LogP contribution is 2.31. The fraction of sp³-hybridized carbons (Fsp3) is 0.111. The molecule has 3 aromatic rings. The monoisotopic (exact) mass is 408 g/mol. The number of amides is 1. The fourth-order valence-corrected chi connectivity index (χ4v) is 3.59. The number of para-hydroxylation sites is 2. The van der Waals surface area contributed by atoms with Crippen molar-refractivity contribution in [3.8, 4) is 5.75 Å². The van der Waals surface area contributed by atoms with Crippen molar-refractivity contribution in [3.63, 3.8) is 0 Å². The van der Waals surface area contributed by atoms with Crippen molar-refractivity contribution < 1.29 is 9.53 Å². The molecule has 0 aromatic heterocycles. The van der Waals surface area contributed by atoms with Crippen molar-refractivity contribution >= 4 is 29.0 Å². The van der Waals surface area contributed by atoms with Gasteiger partial charge >= 0.3 is 0 Å². The normalized spacial score (nSPS) is 15.4. The largest absolute Gasteiger partial charge is 0.496 e. The molecule has 0 saturated heterocycles. The minimum absolute atomic E-state index is 0.135. The molecule has 0 N–H and O–H groups in total. The zero-order valence-corrected chi connectivity index (χ0v) is 17.9. The lowest BCUT2D eigenvalue weighted by Crippen LogP contribution is -2.21. The van der Waals surface area contributed by atoms with E-state index in [2.05, 4.69) is 5.10 Å². The first-order chi connectivity index (χ1) is 15.1.